The van der Waals surface area contributed by atoms with E-state index in [-0.39, 0.29) is 6.42 Å². The standard InChI is InChI=1S/C19H25NO5/c1-3-4-5-9-12-15(18(22)23)17(21)20-13(2)16(25-19(20)24)14-10-7-6-8-11-14/h6-8,10-11,13,15-16H,3-5,9,12H2,1-2H3,(H,22,23). The first-order valence-electron chi connectivity index (χ1n) is 8.78. The van der Waals surface area contributed by atoms with E-state index in [0.717, 1.165) is 29.7 Å². The lowest BCUT2D eigenvalue weighted by Crippen LogP contribution is -2.44. The first kappa shape index (κ1) is 19.0. The van der Waals surface area contributed by atoms with Gasteiger partial charge in [0.2, 0.25) is 5.91 Å². The molecule has 136 valence electrons. The highest BCUT2D eigenvalue weighted by molar-refractivity contribution is 6.04. The van der Waals surface area contributed by atoms with Crippen molar-refractivity contribution in [3.8, 4) is 0 Å². The number of amides is 2. The van der Waals surface area contributed by atoms with Crippen LogP contribution < -0.4 is 0 Å². The fraction of sp³-hybridized carbons (Fsp3) is 0.526. The van der Waals surface area contributed by atoms with Gasteiger partial charge in [-0.3, -0.25) is 9.59 Å². The Morgan fingerprint density at radius 3 is 2.48 bits per heavy atom. The number of carbonyl (C=O) groups excluding carboxylic acids is 2. The zero-order valence-corrected chi connectivity index (χ0v) is 14.7. The summed E-state index contributed by atoms with van der Waals surface area (Å²) in [5.41, 5.74) is 0.786. The minimum absolute atomic E-state index is 0.237. The van der Waals surface area contributed by atoms with Gasteiger partial charge < -0.3 is 9.84 Å². The van der Waals surface area contributed by atoms with Crippen LogP contribution in [-0.4, -0.2) is 34.0 Å². The zero-order valence-electron chi connectivity index (χ0n) is 14.7. The number of hydrogen-bond donors (Lipinski definition) is 1. The Bertz CT molecular complexity index is 616. The molecule has 0 aliphatic carbocycles. The number of unbranched alkanes of at least 4 members (excludes halogenated alkanes) is 3. The van der Waals surface area contributed by atoms with Gasteiger partial charge in [-0.05, 0) is 18.9 Å². The van der Waals surface area contributed by atoms with Gasteiger partial charge in [-0.15, -0.1) is 0 Å². The lowest BCUT2D eigenvalue weighted by molar-refractivity contribution is -0.150. The second kappa shape index (κ2) is 8.65. The molecule has 1 heterocycles. The summed E-state index contributed by atoms with van der Waals surface area (Å²) in [5.74, 6) is -3.08. The summed E-state index contributed by atoms with van der Waals surface area (Å²) < 4.78 is 5.34. The molecule has 6 heteroatoms. The summed E-state index contributed by atoms with van der Waals surface area (Å²) in [6.45, 7) is 3.77. The molecule has 1 aliphatic rings. The molecule has 3 unspecified atom stereocenters. The van der Waals surface area contributed by atoms with Crippen LogP contribution in [0.4, 0.5) is 4.79 Å². The number of carboxylic acid groups (broad SMARTS) is 1. The number of nitrogens with zero attached hydrogens (tertiary/aromatic N) is 1. The third-order valence-electron chi connectivity index (χ3n) is 4.58. The Morgan fingerprint density at radius 2 is 1.88 bits per heavy atom. The average Bonchev–Trinajstić information content (AvgIpc) is 2.89. The van der Waals surface area contributed by atoms with Crippen molar-refractivity contribution in [3.63, 3.8) is 0 Å². The van der Waals surface area contributed by atoms with Crippen LogP contribution in [0.1, 0.15) is 57.6 Å². The van der Waals surface area contributed by atoms with Crippen LogP contribution in [0.15, 0.2) is 30.3 Å². The van der Waals surface area contributed by atoms with Crippen molar-refractivity contribution >= 4 is 18.0 Å². The lowest BCUT2D eigenvalue weighted by atomic mass is 9.97. The van der Waals surface area contributed by atoms with Crippen LogP contribution in [0, 0.1) is 5.92 Å². The maximum atomic E-state index is 12.7. The molecule has 1 fully saturated rings. The Balaban J connectivity index is 2.10. The number of rotatable bonds is 8. The molecule has 0 radical (unpaired) electrons. The molecule has 1 N–H and O–H groups in total. The van der Waals surface area contributed by atoms with Gasteiger partial charge in [0.1, 0.15) is 12.0 Å². The average molecular weight is 347 g/mol. The molecular formula is C19H25NO5. The van der Waals surface area contributed by atoms with Crippen molar-refractivity contribution in [3.05, 3.63) is 35.9 Å². The van der Waals surface area contributed by atoms with Gasteiger partial charge in [-0.1, -0.05) is 62.9 Å². The van der Waals surface area contributed by atoms with Gasteiger partial charge in [0, 0.05) is 0 Å². The van der Waals surface area contributed by atoms with E-state index in [0.29, 0.717) is 6.42 Å². The highest BCUT2D eigenvalue weighted by Gasteiger charge is 2.46. The number of carboxylic acids is 1. The molecule has 0 bridgehead atoms. The summed E-state index contributed by atoms with van der Waals surface area (Å²) in [7, 11) is 0. The van der Waals surface area contributed by atoms with Crippen molar-refractivity contribution in [2.45, 2.75) is 58.1 Å². The topological polar surface area (TPSA) is 83.9 Å². The largest absolute Gasteiger partial charge is 0.481 e. The molecule has 2 amide bonds. The van der Waals surface area contributed by atoms with E-state index in [1.165, 1.54) is 0 Å². The van der Waals surface area contributed by atoms with Crippen LogP contribution in [0.5, 0.6) is 0 Å². The summed E-state index contributed by atoms with van der Waals surface area (Å²) in [4.78, 5) is 37.4. The monoisotopic (exact) mass is 347 g/mol. The molecule has 25 heavy (non-hydrogen) atoms. The van der Waals surface area contributed by atoms with Gasteiger partial charge in [0.05, 0.1) is 6.04 Å². The molecule has 6 nitrogen and oxygen atoms in total. The molecule has 0 aromatic heterocycles. The number of aliphatic carboxylic acids is 1. The Kier molecular flexibility index (Phi) is 6.56. The van der Waals surface area contributed by atoms with E-state index in [2.05, 4.69) is 6.92 Å². The summed E-state index contributed by atoms with van der Waals surface area (Å²) in [6.07, 6.45) is 2.44. The van der Waals surface area contributed by atoms with Crippen molar-refractivity contribution in [1.29, 1.82) is 0 Å². The number of carbonyl (C=O) groups is 3. The van der Waals surface area contributed by atoms with Crippen molar-refractivity contribution in [2.75, 3.05) is 0 Å². The normalized spacial score (nSPS) is 21.0. The second-order valence-corrected chi connectivity index (χ2v) is 6.40. The van der Waals surface area contributed by atoms with E-state index < -0.39 is 36.0 Å². The van der Waals surface area contributed by atoms with Crippen LogP contribution in [-0.2, 0) is 14.3 Å². The van der Waals surface area contributed by atoms with E-state index in [9.17, 15) is 19.5 Å². The minimum atomic E-state index is -1.21. The molecule has 1 aliphatic heterocycles. The van der Waals surface area contributed by atoms with Gasteiger partial charge in [-0.25, -0.2) is 9.69 Å². The summed E-state index contributed by atoms with van der Waals surface area (Å²) in [6, 6.07) is 8.61. The fourth-order valence-corrected chi connectivity index (χ4v) is 3.14. The quantitative estimate of drug-likeness (QED) is 0.572. The predicted octanol–water partition coefficient (Wildman–Crippen LogP) is 3.77. The number of cyclic esters (lactones) is 1. The molecule has 0 spiro atoms. The smallest absolute Gasteiger partial charge is 0.417 e. The van der Waals surface area contributed by atoms with Crippen molar-refractivity contribution < 1.29 is 24.2 Å². The van der Waals surface area contributed by atoms with Crippen LogP contribution >= 0.6 is 0 Å². The Morgan fingerprint density at radius 1 is 1.20 bits per heavy atom. The van der Waals surface area contributed by atoms with Crippen LogP contribution in [0.3, 0.4) is 0 Å². The van der Waals surface area contributed by atoms with Crippen LogP contribution in [0.2, 0.25) is 0 Å². The van der Waals surface area contributed by atoms with Crippen molar-refractivity contribution in [1.82, 2.24) is 4.90 Å². The Labute approximate surface area is 147 Å². The molecular weight excluding hydrogens is 322 g/mol. The van der Waals surface area contributed by atoms with Gasteiger partial charge >= 0.3 is 12.1 Å². The predicted molar refractivity (Wildman–Crippen MR) is 91.9 cm³/mol. The van der Waals surface area contributed by atoms with Gasteiger partial charge in [0.15, 0.2) is 0 Å². The van der Waals surface area contributed by atoms with Crippen molar-refractivity contribution in [2.24, 2.45) is 5.92 Å². The maximum absolute atomic E-state index is 12.7. The van der Waals surface area contributed by atoms with E-state index in [1.54, 1.807) is 6.92 Å². The molecule has 1 saturated heterocycles. The third-order valence-corrected chi connectivity index (χ3v) is 4.58. The summed E-state index contributed by atoms with van der Waals surface area (Å²) >= 11 is 0. The number of benzene rings is 1. The molecule has 1 aromatic carbocycles. The number of ether oxygens (including phenoxy) is 1. The van der Waals surface area contributed by atoms with Crippen LogP contribution in [0.25, 0.3) is 0 Å². The first-order chi connectivity index (χ1) is 12.0. The minimum Gasteiger partial charge on any atom is -0.481 e. The second-order valence-electron chi connectivity index (χ2n) is 6.40. The molecule has 3 atom stereocenters. The SMILES string of the molecule is CCCCCCC(C(=O)O)C(=O)N1C(=O)OC(c2ccccc2)C1C. The molecule has 2 rings (SSSR count). The molecule has 0 saturated carbocycles. The van der Waals surface area contributed by atoms with E-state index in [1.807, 2.05) is 30.3 Å². The van der Waals surface area contributed by atoms with Gasteiger partial charge in [-0.2, -0.15) is 0 Å². The first-order valence-corrected chi connectivity index (χ1v) is 8.78. The number of imide groups is 1. The van der Waals surface area contributed by atoms with E-state index in [4.69, 9.17) is 4.74 Å². The highest BCUT2D eigenvalue weighted by atomic mass is 16.6. The number of hydrogen-bond acceptors (Lipinski definition) is 4. The third kappa shape index (κ3) is 4.38. The maximum Gasteiger partial charge on any atom is 0.417 e. The molecule has 1 aromatic rings. The zero-order chi connectivity index (χ0) is 18.4. The lowest BCUT2D eigenvalue weighted by Gasteiger charge is -2.22. The fourth-order valence-electron chi connectivity index (χ4n) is 3.14. The Hall–Kier alpha value is -2.37. The highest BCUT2D eigenvalue weighted by Crippen LogP contribution is 2.33. The summed E-state index contributed by atoms with van der Waals surface area (Å²) in [5, 5.41) is 9.42. The van der Waals surface area contributed by atoms with Gasteiger partial charge in [0.25, 0.3) is 0 Å². The van der Waals surface area contributed by atoms with E-state index >= 15 is 0 Å².